The van der Waals surface area contributed by atoms with E-state index in [2.05, 4.69) is 22.7 Å². The second kappa shape index (κ2) is 1.98. The van der Waals surface area contributed by atoms with Crippen molar-refractivity contribution in [2.45, 2.75) is 5.03 Å². The van der Waals surface area contributed by atoms with E-state index in [1.807, 2.05) is 18.2 Å². The van der Waals surface area contributed by atoms with Crippen molar-refractivity contribution < 1.29 is 0 Å². The van der Waals surface area contributed by atoms with Crippen molar-refractivity contribution in [3.8, 4) is 0 Å². The van der Waals surface area contributed by atoms with Crippen LogP contribution in [0.1, 0.15) is 0 Å². The molecule has 50 valence electrons. The Morgan fingerprint density at radius 1 is 1.40 bits per heavy atom. The minimum atomic E-state index is 0.801. The summed E-state index contributed by atoms with van der Waals surface area (Å²) in [5.41, 5.74) is 0.826. The van der Waals surface area contributed by atoms with E-state index < -0.39 is 0 Å². The molecule has 2 aromatic rings. The molecule has 0 saturated heterocycles. The fourth-order valence-corrected chi connectivity index (χ4v) is 1.07. The van der Waals surface area contributed by atoms with Crippen molar-refractivity contribution >= 4 is 18.3 Å². The van der Waals surface area contributed by atoms with E-state index in [1.54, 1.807) is 4.52 Å². The minimum Gasteiger partial charge on any atom is -0.215 e. The number of nitrogens with zero attached hydrogens (tertiary/aromatic N) is 3. The third kappa shape index (κ3) is 0.690. The molecule has 2 aromatic heterocycles. The second-order valence-corrected chi connectivity index (χ2v) is 2.37. The first-order valence-electron chi connectivity index (χ1n) is 2.85. The average molecular weight is 151 g/mol. The van der Waals surface area contributed by atoms with Gasteiger partial charge in [0.05, 0.1) is 5.03 Å². The van der Waals surface area contributed by atoms with Gasteiger partial charge in [-0.25, -0.2) is 9.50 Å². The van der Waals surface area contributed by atoms with E-state index in [9.17, 15) is 0 Å². The molecule has 0 aliphatic carbocycles. The highest BCUT2D eigenvalue weighted by atomic mass is 32.1. The van der Waals surface area contributed by atoms with Gasteiger partial charge in [0.15, 0.2) is 5.65 Å². The van der Waals surface area contributed by atoms with E-state index in [1.165, 1.54) is 6.33 Å². The normalized spacial score (nSPS) is 10.5. The van der Waals surface area contributed by atoms with Crippen LogP contribution in [0.15, 0.2) is 29.6 Å². The van der Waals surface area contributed by atoms with Crippen LogP contribution in [0, 0.1) is 0 Å². The molecular formula is C6H5N3S. The first kappa shape index (κ1) is 5.73. The largest absolute Gasteiger partial charge is 0.215 e. The van der Waals surface area contributed by atoms with E-state index >= 15 is 0 Å². The molecule has 0 atom stereocenters. The topological polar surface area (TPSA) is 30.2 Å². The molecule has 0 aromatic carbocycles. The third-order valence-electron chi connectivity index (χ3n) is 1.28. The van der Waals surface area contributed by atoms with Gasteiger partial charge in [-0.05, 0) is 12.1 Å². The first-order chi connectivity index (χ1) is 4.88. The van der Waals surface area contributed by atoms with Crippen LogP contribution in [-0.4, -0.2) is 14.6 Å². The van der Waals surface area contributed by atoms with E-state index in [-0.39, 0.29) is 0 Å². The minimum absolute atomic E-state index is 0.801. The monoisotopic (exact) mass is 151 g/mol. The Bertz CT molecular complexity index is 355. The third-order valence-corrected chi connectivity index (χ3v) is 1.62. The molecule has 0 radical (unpaired) electrons. The SMILES string of the molecule is Sc1cccc2ncnn12. The molecule has 0 aliphatic heterocycles. The fraction of sp³-hybridized carbons (Fsp3) is 0. The summed E-state index contributed by atoms with van der Waals surface area (Å²) in [5.74, 6) is 0. The average Bonchev–Trinajstić information content (AvgIpc) is 2.36. The van der Waals surface area contributed by atoms with Gasteiger partial charge >= 0.3 is 0 Å². The molecule has 0 unspecified atom stereocenters. The highest BCUT2D eigenvalue weighted by Crippen LogP contribution is 2.05. The van der Waals surface area contributed by atoms with Crippen LogP contribution in [0.2, 0.25) is 0 Å². The zero-order valence-corrected chi connectivity index (χ0v) is 5.99. The number of hydrogen-bond donors (Lipinski definition) is 1. The molecule has 2 heterocycles. The zero-order chi connectivity index (χ0) is 6.97. The van der Waals surface area contributed by atoms with Crippen LogP contribution in [0.3, 0.4) is 0 Å². The Hall–Kier alpha value is -1.03. The molecule has 0 aliphatic rings. The maximum Gasteiger partial charge on any atom is 0.156 e. The van der Waals surface area contributed by atoms with Crippen LogP contribution in [0.25, 0.3) is 5.65 Å². The van der Waals surface area contributed by atoms with Gasteiger partial charge in [-0.3, -0.25) is 0 Å². The summed E-state index contributed by atoms with van der Waals surface area (Å²) in [6.07, 6.45) is 1.51. The fourth-order valence-electron chi connectivity index (χ4n) is 0.831. The standard InChI is InChI=1S/C6H5N3S/c10-6-3-1-2-5-7-4-8-9(5)6/h1-4,10H. The van der Waals surface area contributed by atoms with Crippen molar-refractivity contribution in [2.75, 3.05) is 0 Å². The lowest BCUT2D eigenvalue weighted by Gasteiger charge is -1.92. The molecule has 0 bridgehead atoms. The number of thiol groups is 1. The number of rotatable bonds is 0. The molecule has 2 rings (SSSR count). The second-order valence-electron chi connectivity index (χ2n) is 1.91. The summed E-state index contributed by atoms with van der Waals surface area (Å²) in [6.45, 7) is 0. The Balaban J connectivity index is 2.95. The van der Waals surface area contributed by atoms with Gasteiger partial charge < -0.3 is 0 Å². The van der Waals surface area contributed by atoms with Crippen molar-refractivity contribution in [3.05, 3.63) is 24.5 Å². The molecule has 3 nitrogen and oxygen atoms in total. The molecular weight excluding hydrogens is 146 g/mol. The maximum absolute atomic E-state index is 4.18. The van der Waals surface area contributed by atoms with Crippen LogP contribution < -0.4 is 0 Å². The Morgan fingerprint density at radius 2 is 2.30 bits per heavy atom. The number of hydrogen-bond acceptors (Lipinski definition) is 3. The number of pyridine rings is 1. The summed E-state index contributed by atoms with van der Waals surface area (Å²) >= 11 is 4.18. The van der Waals surface area contributed by atoms with Crippen molar-refractivity contribution in [3.63, 3.8) is 0 Å². The van der Waals surface area contributed by atoms with Crippen LogP contribution in [-0.2, 0) is 0 Å². The lowest BCUT2D eigenvalue weighted by molar-refractivity contribution is 0.866. The van der Waals surface area contributed by atoms with Gasteiger partial charge in [0.25, 0.3) is 0 Å². The molecule has 0 spiro atoms. The van der Waals surface area contributed by atoms with Crippen LogP contribution in [0.4, 0.5) is 0 Å². The molecule has 4 heteroatoms. The van der Waals surface area contributed by atoms with Gasteiger partial charge in [-0.2, -0.15) is 5.10 Å². The molecule has 10 heavy (non-hydrogen) atoms. The summed E-state index contributed by atoms with van der Waals surface area (Å²) < 4.78 is 1.67. The smallest absolute Gasteiger partial charge is 0.156 e. The maximum atomic E-state index is 4.18. The predicted octanol–water partition coefficient (Wildman–Crippen LogP) is 1.02. The van der Waals surface area contributed by atoms with Gasteiger partial charge in [-0.1, -0.05) is 6.07 Å². The van der Waals surface area contributed by atoms with E-state index in [4.69, 9.17) is 0 Å². The summed E-state index contributed by atoms with van der Waals surface area (Å²) in [4.78, 5) is 3.98. The molecule has 0 fully saturated rings. The molecule has 0 saturated carbocycles. The summed E-state index contributed by atoms with van der Waals surface area (Å²) in [6, 6.07) is 5.64. The van der Waals surface area contributed by atoms with Crippen LogP contribution in [0.5, 0.6) is 0 Å². The van der Waals surface area contributed by atoms with Crippen molar-refractivity contribution in [2.24, 2.45) is 0 Å². The lowest BCUT2D eigenvalue weighted by Crippen LogP contribution is -1.87. The summed E-state index contributed by atoms with van der Waals surface area (Å²) in [5, 5.41) is 4.75. The highest BCUT2D eigenvalue weighted by molar-refractivity contribution is 7.80. The van der Waals surface area contributed by atoms with Gasteiger partial charge in [0.1, 0.15) is 6.33 Å². The molecule has 0 amide bonds. The van der Waals surface area contributed by atoms with Gasteiger partial charge in [-0.15, -0.1) is 12.6 Å². The van der Waals surface area contributed by atoms with Crippen LogP contribution >= 0.6 is 12.6 Å². The van der Waals surface area contributed by atoms with E-state index in [0.717, 1.165) is 10.7 Å². The summed E-state index contributed by atoms with van der Waals surface area (Å²) in [7, 11) is 0. The van der Waals surface area contributed by atoms with Crippen molar-refractivity contribution in [1.82, 2.24) is 14.6 Å². The molecule has 0 N–H and O–H groups in total. The van der Waals surface area contributed by atoms with Gasteiger partial charge in [0, 0.05) is 0 Å². The van der Waals surface area contributed by atoms with Gasteiger partial charge in [0.2, 0.25) is 0 Å². The Morgan fingerprint density at radius 3 is 3.10 bits per heavy atom. The Labute approximate surface area is 63.1 Å². The zero-order valence-electron chi connectivity index (χ0n) is 5.10. The number of aromatic nitrogens is 3. The lowest BCUT2D eigenvalue weighted by atomic mass is 10.5. The number of fused-ring (bicyclic) bond motifs is 1. The quantitative estimate of drug-likeness (QED) is 0.570. The first-order valence-corrected chi connectivity index (χ1v) is 3.30. The van der Waals surface area contributed by atoms with E-state index in [0.29, 0.717) is 0 Å². The predicted molar refractivity (Wildman–Crippen MR) is 40.2 cm³/mol. The highest BCUT2D eigenvalue weighted by Gasteiger charge is 1.94. The van der Waals surface area contributed by atoms with Crippen molar-refractivity contribution in [1.29, 1.82) is 0 Å². The Kier molecular flexibility index (Phi) is 1.14.